The second kappa shape index (κ2) is 8.56. The quantitative estimate of drug-likeness (QED) is 0.458. The fourth-order valence-electron chi connectivity index (χ4n) is 4.05. The summed E-state index contributed by atoms with van der Waals surface area (Å²) < 4.78 is 7.01. The molecule has 0 radical (unpaired) electrons. The Hall–Kier alpha value is -3.37. The summed E-state index contributed by atoms with van der Waals surface area (Å²) in [4.78, 5) is 11.9. The predicted molar refractivity (Wildman–Crippen MR) is 119 cm³/mol. The second-order valence-electron chi connectivity index (χ2n) is 7.30. The lowest BCUT2D eigenvalue weighted by molar-refractivity contribution is -0.150. The van der Waals surface area contributed by atoms with Crippen LogP contribution in [0.25, 0.3) is 22.0 Å². The van der Waals surface area contributed by atoms with Crippen LogP contribution in [0.5, 0.6) is 0 Å². The van der Waals surface area contributed by atoms with Crippen molar-refractivity contribution in [3.05, 3.63) is 95.7 Å². The van der Waals surface area contributed by atoms with Gasteiger partial charge in [-0.05, 0) is 35.2 Å². The smallest absolute Gasteiger partial charge is 0.339 e. The number of nitrogens with zero attached hydrogens (tertiary/aromatic N) is 1. The number of aryl methyl sites for hydroxylation is 1. The van der Waals surface area contributed by atoms with Gasteiger partial charge in [-0.3, -0.25) is 0 Å². The van der Waals surface area contributed by atoms with Crippen LogP contribution in [0.4, 0.5) is 0 Å². The molecule has 0 bridgehead atoms. The molecular formula is C26H25NO3. The van der Waals surface area contributed by atoms with Crippen LogP contribution in [-0.4, -0.2) is 22.8 Å². The van der Waals surface area contributed by atoms with Crippen molar-refractivity contribution in [2.75, 3.05) is 7.11 Å². The number of rotatable bonds is 6. The number of esters is 1. The third-order valence-corrected chi connectivity index (χ3v) is 5.58. The van der Waals surface area contributed by atoms with Crippen LogP contribution in [0, 0.1) is 0 Å². The molecule has 0 saturated carbocycles. The number of carbonyl (C=O) groups excluding carboxylic acids is 1. The largest absolute Gasteiger partial charge is 0.467 e. The van der Waals surface area contributed by atoms with Gasteiger partial charge in [0.2, 0.25) is 0 Å². The summed E-state index contributed by atoms with van der Waals surface area (Å²) in [6.07, 6.45) is -0.452. The summed E-state index contributed by atoms with van der Waals surface area (Å²) in [5.74, 6) is -0.650. The van der Waals surface area contributed by atoms with E-state index < -0.39 is 12.1 Å². The molecule has 3 aromatic carbocycles. The Balaban J connectivity index is 1.83. The lowest BCUT2D eigenvalue weighted by Crippen LogP contribution is -2.13. The van der Waals surface area contributed by atoms with Crippen LogP contribution in [0.2, 0.25) is 0 Å². The molecule has 0 aliphatic heterocycles. The standard InChI is InChI=1S/C26H25NO3/c1-3-20-16-23-22(25(28)26(29)30-2)14-9-15-24(23)27(20)17-19-12-7-8-13-21(19)18-10-5-4-6-11-18/h4-16,25,28H,3,17H2,1-2H3. The molecule has 152 valence electrons. The van der Waals surface area contributed by atoms with Gasteiger partial charge in [-0.2, -0.15) is 0 Å². The average Bonchev–Trinajstić information content (AvgIpc) is 3.16. The molecule has 4 rings (SSSR count). The SMILES string of the molecule is CCc1cc2c(C(O)C(=O)OC)cccc2n1Cc1ccccc1-c1ccccc1. The number of fused-ring (bicyclic) bond motifs is 1. The van der Waals surface area contributed by atoms with Gasteiger partial charge in [0.25, 0.3) is 0 Å². The molecule has 4 aromatic rings. The number of methoxy groups -OCH3 is 1. The topological polar surface area (TPSA) is 51.5 Å². The van der Waals surface area contributed by atoms with E-state index in [4.69, 9.17) is 4.74 Å². The molecule has 30 heavy (non-hydrogen) atoms. The molecule has 1 N–H and O–H groups in total. The van der Waals surface area contributed by atoms with Crippen LogP contribution in [0.3, 0.4) is 0 Å². The van der Waals surface area contributed by atoms with Crippen LogP contribution >= 0.6 is 0 Å². The van der Waals surface area contributed by atoms with Crippen molar-refractivity contribution < 1.29 is 14.6 Å². The number of benzene rings is 3. The van der Waals surface area contributed by atoms with E-state index in [1.807, 2.05) is 18.2 Å². The maximum Gasteiger partial charge on any atom is 0.339 e. The van der Waals surface area contributed by atoms with Crippen LogP contribution in [-0.2, 0) is 22.5 Å². The van der Waals surface area contributed by atoms with Crippen LogP contribution in [0.15, 0.2) is 78.9 Å². The fourth-order valence-corrected chi connectivity index (χ4v) is 4.05. The Morgan fingerprint density at radius 2 is 1.73 bits per heavy atom. The molecule has 0 saturated heterocycles. The molecule has 0 aliphatic rings. The molecule has 1 unspecified atom stereocenters. The highest BCUT2D eigenvalue weighted by molar-refractivity contribution is 5.90. The molecular weight excluding hydrogens is 374 g/mol. The van der Waals surface area contributed by atoms with Gasteiger partial charge in [-0.15, -0.1) is 0 Å². The summed E-state index contributed by atoms with van der Waals surface area (Å²) in [7, 11) is 1.29. The first-order valence-corrected chi connectivity index (χ1v) is 10.1. The van der Waals surface area contributed by atoms with Gasteiger partial charge in [-0.25, -0.2) is 4.79 Å². The monoisotopic (exact) mass is 399 g/mol. The highest BCUT2D eigenvalue weighted by atomic mass is 16.5. The second-order valence-corrected chi connectivity index (χ2v) is 7.30. The zero-order valence-corrected chi connectivity index (χ0v) is 17.2. The first kappa shape index (κ1) is 19.9. The van der Waals surface area contributed by atoms with Gasteiger partial charge in [0.1, 0.15) is 0 Å². The maximum absolute atomic E-state index is 11.9. The van der Waals surface area contributed by atoms with E-state index in [2.05, 4.69) is 66.1 Å². The predicted octanol–water partition coefficient (Wildman–Crippen LogP) is 5.13. The normalized spacial score (nSPS) is 12.1. The maximum atomic E-state index is 11.9. The summed E-state index contributed by atoms with van der Waals surface area (Å²) in [6, 6.07) is 26.6. The van der Waals surface area contributed by atoms with Gasteiger partial charge in [-0.1, -0.05) is 73.7 Å². The van der Waals surface area contributed by atoms with Crippen LogP contribution in [0.1, 0.15) is 29.8 Å². The lowest BCUT2D eigenvalue weighted by atomic mass is 9.99. The number of carbonyl (C=O) groups is 1. The molecule has 0 aliphatic carbocycles. The summed E-state index contributed by atoms with van der Waals surface area (Å²) >= 11 is 0. The number of hydrogen-bond acceptors (Lipinski definition) is 3. The minimum absolute atomic E-state index is 0.573. The first-order chi connectivity index (χ1) is 14.6. The Morgan fingerprint density at radius 1 is 1.00 bits per heavy atom. The molecule has 0 amide bonds. The van der Waals surface area contributed by atoms with Gasteiger partial charge >= 0.3 is 5.97 Å². The Morgan fingerprint density at radius 3 is 2.47 bits per heavy atom. The van der Waals surface area contributed by atoms with Crippen molar-refractivity contribution in [2.45, 2.75) is 26.0 Å². The van der Waals surface area contributed by atoms with E-state index in [1.165, 1.54) is 23.8 Å². The van der Waals surface area contributed by atoms with Crippen molar-refractivity contribution in [3.8, 4) is 11.1 Å². The van der Waals surface area contributed by atoms with Crippen molar-refractivity contribution in [3.63, 3.8) is 0 Å². The molecule has 1 aromatic heterocycles. The highest BCUT2D eigenvalue weighted by Gasteiger charge is 2.22. The van der Waals surface area contributed by atoms with E-state index in [1.54, 1.807) is 6.07 Å². The molecule has 0 spiro atoms. The van der Waals surface area contributed by atoms with Crippen molar-refractivity contribution in [2.24, 2.45) is 0 Å². The number of aliphatic hydroxyl groups excluding tert-OH is 1. The van der Waals surface area contributed by atoms with Crippen LogP contribution < -0.4 is 0 Å². The average molecular weight is 399 g/mol. The van der Waals surface area contributed by atoms with Gasteiger partial charge in [0.15, 0.2) is 6.10 Å². The third kappa shape index (κ3) is 3.62. The number of aliphatic hydroxyl groups is 1. The minimum Gasteiger partial charge on any atom is -0.467 e. The zero-order valence-electron chi connectivity index (χ0n) is 17.2. The molecule has 1 heterocycles. The molecule has 4 heteroatoms. The third-order valence-electron chi connectivity index (χ3n) is 5.58. The molecule has 1 atom stereocenters. The first-order valence-electron chi connectivity index (χ1n) is 10.1. The van der Waals surface area contributed by atoms with Gasteiger partial charge in [0.05, 0.1) is 7.11 Å². The van der Waals surface area contributed by atoms with Gasteiger partial charge in [0, 0.05) is 28.7 Å². The van der Waals surface area contributed by atoms with Crippen molar-refractivity contribution in [1.29, 1.82) is 0 Å². The molecule has 0 fully saturated rings. The minimum atomic E-state index is -1.30. The van der Waals surface area contributed by atoms with E-state index >= 15 is 0 Å². The number of ether oxygens (including phenoxy) is 1. The van der Waals surface area contributed by atoms with E-state index in [9.17, 15) is 9.90 Å². The Bertz CT molecular complexity index is 1180. The Labute approximate surface area is 176 Å². The van der Waals surface area contributed by atoms with E-state index in [0.717, 1.165) is 23.0 Å². The van der Waals surface area contributed by atoms with Crippen molar-refractivity contribution >= 4 is 16.9 Å². The summed E-state index contributed by atoms with van der Waals surface area (Å²) in [5, 5.41) is 11.3. The molecule has 4 nitrogen and oxygen atoms in total. The van der Waals surface area contributed by atoms with Crippen molar-refractivity contribution in [1.82, 2.24) is 4.57 Å². The number of hydrogen-bond donors (Lipinski definition) is 1. The summed E-state index contributed by atoms with van der Waals surface area (Å²) in [6.45, 7) is 2.82. The fraction of sp³-hybridized carbons (Fsp3) is 0.192. The lowest BCUT2D eigenvalue weighted by Gasteiger charge is -2.15. The Kier molecular flexibility index (Phi) is 5.68. The zero-order chi connectivity index (χ0) is 21.1. The van der Waals surface area contributed by atoms with E-state index in [0.29, 0.717) is 12.1 Å². The highest BCUT2D eigenvalue weighted by Crippen LogP contribution is 2.31. The van der Waals surface area contributed by atoms with Gasteiger partial charge < -0.3 is 14.4 Å². The summed E-state index contributed by atoms with van der Waals surface area (Å²) in [5.41, 5.74) is 6.32. The van der Waals surface area contributed by atoms with E-state index in [-0.39, 0.29) is 0 Å². The number of aromatic nitrogens is 1.